The molecule has 2 N–H and O–H groups in total. The Morgan fingerprint density at radius 3 is 2.44 bits per heavy atom. The Morgan fingerprint density at radius 1 is 1.03 bits per heavy atom. The van der Waals surface area contributed by atoms with Crippen LogP contribution in [-0.2, 0) is 4.79 Å². The highest BCUT2D eigenvalue weighted by Crippen LogP contribution is 2.45. The molecule has 1 fully saturated rings. The summed E-state index contributed by atoms with van der Waals surface area (Å²) in [5.41, 5.74) is 6.36. The highest BCUT2D eigenvalue weighted by atomic mass is 35.5. The molecule has 0 aliphatic carbocycles. The van der Waals surface area contributed by atoms with E-state index in [2.05, 4.69) is 45.0 Å². The molecule has 1 aliphatic rings. The zero-order valence-corrected chi connectivity index (χ0v) is 24.4. The zero-order chi connectivity index (χ0) is 27.8. The highest BCUT2D eigenvalue weighted by Gasteiger charge is 2.42. The van der Waals surface area contributed by atoms with Gasteiger partial charge in [0.05, 0.1) is 39.2 Å². The molecule has 5 rings (SSSR count). The summed E-state index contributed by atoms with van der Waals surface area (Å²) in [6.07, 6.45) is 1.79. The lowest BCUT2D eigenvalue weighted by Crippen LogP contribution is -2.29. The Balaban J connectivity index is 1.63. The lowest BCUT2D eigenvalue weighted by Gasteiger charge is -2.28. The molecule has 2 aromatic carbocycles. The van der Waals surface area contributed by atoms with E-state index in [4.69, 9.17) is 35.4 Å². The Kier molecular flexibility index (Phi) is 7.67. The highest BCUT2D eigenvalue weighted by molar-refractivity contribution is 7.80. The van der Waals surface area contributed by atoms with Crippen molar-refractivity contribution in [2.24, 2.45) is 5.92 Å². The van der Waals surface area contributed by atoms with Gasteiger partial charge in [-0.25, -0.2) is 0 Å². The van der Waals surface area contributed by atoms with Crippen LogP contribution < -0.4 is 15.5 Å². The molecule has 1 saturated heterocycles. The molecule has 39 heavy (non-hydrogen) atoms. The van der Waals surface area contributed by atoms with Gasteiger partial charge in [-0.1, -0.05) is 55.2 Å². The number of nitrogens with zero attached hydrogens (tertiary/aromatic N) is 3. The number of para-hydroxylation sites is 1. The SMILES string of the molecule is Cc1cc([C@H]2[C@H](c3ccccn3)NC(=S)N2c2ccc(NC(=O)C(C)C)c(Cl)c2)c(C)n1-c1ccccc1Cl. The van der Waals surface area contributed by atoms with Crippen LogP contribution in [0.4, 0.5) is 11.4 Å². The van der Waals surface area contributed by atoms with Gasteiger partial charge in [-0.15, -0.1) is 0 Å². The van der Waals surface area contributed by atoms with Crippen LogP contribution in [0.1, 0.15) is 48.6 Å². The molecule has 0 radical (unpaired) electrons. The fourth-order valence-corrected chi connectivity index (χ4v) is 5.86. The zero-order valence-electron chi connectivity index (χ0n) is 22.1. The van der Waals surface area contributed by atoms with Crippen LogP contribution in [0, 0.1) is 19.8 Å². The second kappa shape index (κ2) is 11.0. The molecule has 0 saturated carbocycles. The molecule has 0 unspecified atom stereocenters. The number of hydrogen-bond acceptors (Lipinski definition) is 3. The van der Waals surface area contributed by atoms with E-state index < -0.39 is 0 Å². The molecular weight excluding hydrogens is 549 g/mol. The second-order valence-electron chi connectivity index (χ2n) is 9.92. The first-order valence-electron chi connectivity index (χ1n) is 12.7. The minimum absolute atomic E-state index is 0.0943. The maximum atomic E-state index is 12.3. The predicted molar refractivity (Wildman–Crippen MR) is 163 cm³/mol. The minimum atomic E-state index is -0.220. The molecule has 0 spiro atoms. The number of aromatic nitrogens is 2. The molecule has 2 aromatic heterocycles. The normalized spacial score (nSPS) is 17.0. The van der Waals surface area contributed by atoms with Crippen molar-refractivity contribution in [2.45, 2.75) is 39.8 Å². The van der Waals surface area contributed by atoms with E-state index >= 15 is 0 Å². The number of carbonyl (C=O) groups excluding carboxylic acids is 1. The third-order valence-corrected chi connectivity index (χ3v) is 7.94. The lowest BCUT2D eigenvalue weighted by molar-refractivity contribution is -0.118. The van der Waals surface area contributed by atoms with Crippen molar-refractivity contribution in [3.8, 4) is 5.69 Å². The predicted octanol–water partition coefficient (Wildman–Crippen LogP) is 7.57. The maximum Gasteiger partial charge on any atom is 0.226 e. The van der Waals surface area contributed by atoms with Gasteiger partial charge in [0.15, 0.2) is 5.11 Å². The third kappa shape index (κ3) is 5.14. The number of thiocarbonyl (C=S) groups is 1. The number of anilines is 2. The summed E-state index contributed by atoms with van der Waals surface area (Å²) in [5, 5.41) is 8.07. The molecule has 3 heterocycles. The van der Waals surface area contributed by atoms with Crippen LogP contribution >= 0.6 is 35.4 Å². The van der Waals surface area contributed by atoms with Gasteiger partial charge in [-0.05, 0) is 80.2 Å². The fourth-order valence-electron chi connectivity index (χ4n) is 5.07. The van der Waals surface area contributed by atoms with E-state index in [1.165, 1.54) is 0 Å². The first-order valence-corrected chi connectivity index (χ1v) is 13.9. The van der Waals surface area contributed by atoms with Gasteiger partial charge in [0, 0.05) is 29.2 Å². The van der Waals surface area contributed by atoms with E-state index in [0.717, 1.165) is 34.0 Å². The topological polar surface area (TPSA) is 62.2 Å². The van der Waals surface area contributed by atoms with Gasteiger partial charge in [0.1, 0.15) is 0 Å². The number of rotatable bonds is 6. The van der Waals surface area contributed by atoms with E-state index in [-0.39, 0.29) is 23.9 Å². The van der Waals surface area contributed by atoms with Gasteiger partial charge >= 0.3 is 0 Å². The van der Waals surface area contributed by atoms with Crippen LogP contribution in [0.2, 0.25) is 10.0 Å². The number of pyridine rings is 1. The van der Waals surface area contributed by atoms with Crippen LogP contribution in [0.5, 0.6) is 0 Å². The number of halogens is 2. The summed E-state index contributed by atoms with van der Waals surface area (Å²) in [4.78, 5) is 19.0. The van der Waals surface area contributed by atoms with Crippen LogP contribution in [-0.4, -0.2) is 20.6 Å². The largest absolute Gasteiger partial charge is 0.351 e. The standard InChI is InChI=1S/C30H29Cl2N5OS/c1-17(2)29(38)34-24-13-12-20(16-23(24)32)37-28(27(35-30(37)39)25-10-7-8-14-33-25)21-15-18(3)36(19(21)4)26-11-6-5-9-22(26)31/h5-17,27-28H,1-4H3,(H,34,38)(H,35,39)/t27-,28-/m0/s1. The Labute approximate surface area is 244 Å². The number of hydrogen-bond donors (Lipinski definition) is 2. The average molecular weight is 579 g/mol. The molecule has 2 atom stereocenters. The lowest BCUT2D eigenvalue weighted by atomic mass is 9.96. The van der Waals surface area contributed by atoms with Gasteiger partial charge in [-0.2, -0.15) is 0 Å². The van der Waals surface area contributed by atoms with Gasteiger partial charge < -0.3 is 20.1 Å². The summed E-state index contributed by atoms with van der Waals surface area (Å²) in [6.45, 7) is 7.85. The van der Waals surface area contributed by atoms with Gasteiger partial charge in [0.25, 0.3) is 0 Å². The number of nitrogens with one attached hydrogen (secondary N) is 2. The summed E-state index contributed by atoms with van der Waals surface area (Å²) >= 11 is 19.2. The third-order valence-electron chi connectivity index (χ3n) is 6.99. The summed E-state index contributed by atoms with van der Waals surface area (Å²) in [5.74, 6) is -0.254. The van der Waals surface area contributed by atoms with Crippen molar-refractivity contribution in [2.75, 3.05) is 10.2 Å². The van der Waals surface area contributed by atoms with Gasteiger partial charge in [-0.3, -0.25) is 9.78 Å². The van der Waals surface area contributed by atoms with Crippen LogP contribution in [0.25, 0.3) is 5.69 Å². The molecule has 6 nitrogen and oxygen atoms in total. The smallest absolute Gasteiger partial charge is 0.226 e. The van der Waals surface area contributed by atoms with E-state index in [1.54, 1.807) is 6.20 Å². The van der Waals surface area contributed by atoms with Crippen LogP contribution in [0.15, 0.2) is 72.9 Å². The second-order valence-corrected chi connectivity index (χ2v) is 11.1. The van der Waals surface area contributed by atoms with Gasteiger partial charge in [0.2, 0.25) is 5.91 Å². The van der Waals surface area contributed by atoms with Crippen molar-refractivity contribution in [1.82, 2.24) is 14.9 Å². The quantitative estimate of drug-likeness (QED) is 0.231. The summed E-state index contributed by atoms with van der Waals surface area (Å²) in [6, 6.07) is 21.0. The maximum absolute atomic E-state index is 12.3. The molecule has 1 aliphatic heterocycles. The number of benzene rings is 2. The number of aryl methyl sites for hydroxylation is 1. The molecule has 9 heteroatoms. The molecular formula is C30H29Cl2N5OS. The monoisotopic (exact) mass is 577 g/mol. The van der Waals surface area contributed by atoms with E-state index in [1.807, 2.05) is 74.5 Å². The molecule has 4 aromatic rings. The average Bonchev–Trinajstić information content (AvgIpc) is 3.41. The van der Waals surface area contributed by atoms with Crippen molar-refractivity contribution in [3.05, 3.63) is 106 Å². The van der Waals surface area contributed by atoms with Crippen molar-refractivity contribution in [3.63, 3.8) is 0 Å². The Hall–Kier alpha value is -3.39. The first-order chi connectivity index (χ1) is 18.7. The minimum Gasteiger partial charge on any atom is -0.351 e. The number of carbonyl (C=O) groups is 1. The van der Waals surface area contributed by atoms with Crippen molar-refractivity contribution in [1.29, 1.82) is 0 Å². The van der Waals surface area contributed by atoms with Crippen molar-refractivity contribution >= 4 is 57.8 Å². The molecule has 1 amide bonds. The Bertz CT molecular complexity index is 1550. The summed E-state index contributed by atoms with van der Waals surface area (Å²) in [7, 11) is 0. The first kappa shape index (κ1) is 27.2. The van der Waals surface area contributed by atoms with Crippen LogP contribution in [0.3, 0.4) is 0 Å². The molecule has 200 valence electrons. The van der Waals surface area contributed by atoms with E-state index in [0.29, 0.717) is 20.8 Å². The van der Waals surface area contributed by atoms with Crippen molar-refractivity contribution < 1.29 is 4.79 Å². The molecule has 0 bridgehead atoms. The summed E-state index contributed by atoms with van der Waals surface area (Å²) < 4.78 is 2.17. The van der Waals surface area contributed by atoms with E-state index in [9.17, 15) is 4.79 Å². The Morgan fingerprint density at radius 2 is 1.77 bits per heavy atom. The fraction of sp³-hybridized carbons (Fsp3) is 0.233. The number of amides is 1.